The van der Waals surface area contributed by atoms with Crippen molar-refractivity contribution in [2.75, 3.05) is 20.1 Å². The van der Waals surface area contributed by atoms with E-state index in [4.69, 9.17) is 0 Å². The van der Waals surface area contributed by atoms with Crippen LogP contribution in [0.5, 0.6) is 0 Å². The summed E-state index contributed by atoms with van der Waals surface area (Å²) in [6.07, 6.45) is 6.01. The normalized spacial score (nSPS) is 22.3. The first-order valence-corrected chi connectivity index (χ1v) is 5.19. The molecule has 1 aliphatic heterocycles. The summed E-state index contributed by atoms with van der Waals surface area (Å²) in [5.74, 6) is 0. The summed E-state index contributed by atoms with van der Waals surface area (Å²) in [5.41, 5.74) is 4.46. The molecule has 0 aromatic carbocycles. The summed E-state index contributed by atoms with van der Waals surface area (Å²) in [7, 11) is 2.20. The monoisotopic (exact) mass is 178 g/mol. The molecule has 72 valence electrons. The molecule has 1 N–H and O–H groups in total. The van der Waals surface area contributed by atoms with Crippen LogP contribution in [-0.4, -0.2) is 25.0 Å². The maximum absolute atomic E-state index is 3.48. The zero-order valence-electron chi connectivity index (χ0n) is 8.56. The fourth-order valence-corrected chi connectivity index (χ4v) is 2.09. The summed E-state index contributed by atoms with van der Waals surface area (Å²) in [6, 6.07) is 0. The Hall–Kier alpha value is -0.920. The van der Waals surface area contributed by atoms with Gasteiger partial charge in [0.2, 0.25) is 0 Å². The van der Waals surface area contributed by atoms with Gasteiger partial charge in [-0.3, -0.25) is 0 Å². The van der Waals surface area contributed by atoms with Crippen LogP contribution in [-0.2, 0) is 0 Å². The minimum absolute atomic E-state index is 1.09. The molecule has 0 unspecified atom stereocenters. The number of nitrogens with zero attached hydrogens (tertiary/aromatic N) is 1. The van der Waals surface area contributed by atoms with Crippen molar-refractivity contribution in [2.45, 2.75) is 26.2 Å². The third-order valence-corrected chi connectivity index (χ3v) is 3.02. The fourth-order valence-electron chi connectivity index (χ4n) is 2.09. The molecule has 0 radical (unpaired) electrons. The molecule has 1 heterocycles. The van der Waals surface area contributed by atoms with Gasteiger partial charge < -0.3 is 10.2 Å². The third kappa shape index (κ3) is 1.58. The molecule has 2 heteroatoms. The Labute approximate surface area is 80.3 Å². The number of hydrogen-bond acceptors (Lipinski definition) is 2. The summed E-state index contributed by atoms with van der Waals surface area (Å²) in [4.78, 5) is 2.38. The number of allylic oxidation sites excluding steroid dienone is 3. The molecule has 0 saturated heterocycles. The van der Waals surface area contributed by atoms with Gasteiger partial charge in [-0.05, 0) is 25.3 Å². The van der Waals surface area contributed by atoms with Crippen molar-refractivity contribution in [1.82, 2.24) is 10.2 Å². The number of nitrogens with one attached hydrogen (secondary N) is 1. The molecule has 0 aromatic heterocycles. The van der Waals surface area contributed by atoms with Crippen LogP contribution in [0.1, 0.15) is 26.2 Å². The average Bonchev–Trinajstić information content (AvgIpc) is 2.18. The highest BCUT2D eigenvalue weighted by Crippen LogP contribution is 2.27. The van der Waals surface area contributed by atoms with E-state index in [1.165, 1.54) is 30.7 Å². The van der Waals surface area contributed by atoms with E-state index >= 15 is 0 Å². The fraction of sp³-hybridized carbons (Fsp3) is 0.636. The second-order valence-electron chi connectivity index (χ2n) is 3.86. The minimum atomic E-state index is 1.09. The van der Waals surface area contributed by atoms with E-state index in [-0.39, 0.29) is 0 Å². The lowest BCUT2D eigenvalue weighted by atomic mass is 9.97. The first-order chi connectivity index (χ1) is 6.31. The molecule has 1 aliphatic carbocycles. The van der Waals surface area contributed by atoms with Crippen molar-refractivity contribution in [1.29, 1.82) is 0 Å². The second-order valence-corrected chi connectivity index (χ2v) is 3.86. The maximum atomic E-state index is 3.48. The largest absolute Gasteiger partial charge is 0.382 e. The van der Waals surface area contributed by atoms with Gasteiger partial charge in [0.15, 0.2) is 0 Å². The van der Waals surface area contributed by atoms with Crippen LogP contribution < -0.4 is 5.32 Å². The quantitative estimate of drug-likeness (QED) is 0.659. The minimum Gasteiger partial charge on any atom is -0.382 e. The van der Waals surface area contributed by atoms with E-state index in [1.807, 2.05) is 0 Å². The molecule has 2 aliphatic rings. The Morgan fingerprint density at radius 1 is 1.46 bits per heavy atom. The van der Waals surface area contributed by atoms with Gasteiger partial charge in [-0.25, -0.2) is 0 Å². The van der Waals surface area contributed by atoms with Crippen molar-refractivity contribution in [3.8, 4) is 0 Å². The van der Waals surface area contributed by atoms with E-state index in [9.17, 15) is 0 Å². The van der Waals surface area contributed by atoms with Crippen molar-refractivity contribution in [3.63, 3.8) is 0 Å². The molecule has 0 atom stereocenters. The summed E-state index contributed by atoms with van der Waals surface area (Å²) in [5, 5.41) is 3.48. The van der Waals surface area contributed by atoms with Crippen molar-refractivity contribution >= 4 is 0 Å². The van der Waals surface area contributed by atoms with E-state index in [1.54, 1.807) is 5.57 Å². The molecule has 0 aromatic rings. The van der Waals surface area contributed by atoms with Crippen molar-refractivity contribution < 1.29 is 0 Å². The van der Waals surface area contributed by atoms with Crippen LogP contribution in [0.2, 0.25) is 0 Å². The molecule has 0 saturated carbocycles. The van der Waals surface area contributed by atoms with E-state index in [0.717, 1.165) is 13.1 Å². The highest BCUT2D eigenvalue weighted by molar-refractivity contribution is 5.33. The molecule has 2 rings (SSSR count). The molecule has 0 bridgehead atoms. The van der Waals surface area contributed by atoms with E-state index in [0.29, 0.717) is 0 Å². The van der Waals surface area contributed by atoms with Crippen molar-refractivity contribution in [3.05, 3.63) is 23.0 Å². The first-order valence-electron chi connectivity index (χ1n) is 5.19. The predicted molar refractivity (Wildman–Crippen MR) is 55.3 cm³/mol. The standard InChI is InChI=1S/C11H18N2/c1-3-9-4-5-11-10(8-9)12-6-7-13(11)2/h8,12H,3-7H2,1-2H3. The highest BCUT2D eigenvalue weighted by Gasteiger charge is 2.18. The first kappa shape index (κ1) is 8.67. The number of likely N-dealkylation sites (N-methyl/N-ethyl adjacent to an activating group) is 1. The van der Waals surface area contributed by atoms with Gasteiger partial charge in [0.25, 0.3) is 0 Å². The van der Waals surface area contributed by atoms with Crippen LogP contribution in [0.15, 0.2) is 23.0 Å². The average molecular weight is 178 g/mol. The van der Waals surface area contributed by atoms with E-state index in [2.05, 4.69) is 30.3 Å². The summed E-state index contributed by atoms with van der Waals surface area (Å²) < 4.78 is 0. The molecule has 0 amide bonds. The molecule has 0 fully saturated rings. The summed E-state index contributed by atoms with van der Waals surface area (Å²) >= 11 is 0. The van der Waals surface area contributed by atoms with Crippen LogP contribution in [0.4, 0.5) is 0 Å². The second kappa shape index (κ2) is 3.44. The van der Waals surface area contributed by atoms with Gasteiger partial charge in [0.1, 0.15) is 0 Å². The molecule has 0 spiro atoms. The predicted octanol–water partition coefficient (Wildman–Crippen LogP) is 1.86. The lowest BCUT2D eigenvalue weighted by molar-refractivity contribution is 0.365. The molecule has 2 nitrogen and oxygen atoms in total. The van der Waals surface area contributed by atoms with Gasteiger partial charge in [-0.15, -0.1) is 0 Å². The lowest BCUT2D eigenvalue weighted by Gasteiger charge is -2.33. The lowest BCUT2D eigenvalue weighted by Crippen LogP contribution is -2.37. The smallest absolute Gasteiger partial charge is 0.0535 e. The topological polar surface area (TPSA) is 15.3 Å². The zero-order chi connectivity index (χ0) is 9.26. The Balaban J connectivity index is 2.25. The van der Waals surface area contributed by atoms with Crippen LogP contribution in [0, 0.1) is 0 Å². The van der Waals surface area contributed by atoms with Gasteiger partial charge in [0, 0.05) is 25.8 Å². The molecule has 13 heavy (non-hydrogen) atoms. The Bertz CT molecular complexity index is 263. The van der Waals surface area contributed by atoms with Crippen LogP contribution in [0.25, 0.3) is 0 Å². The van der Waals surface area contributed by atoms with Crippen molar-refractivity contribution in [2.24, 2.45) is 0 Å². The number of hydrogen-bond donors (Lipinski definition) is 1. The van der Waals surface area contributed by atoms with Gasteiger partial charge in [-0.2, -0.15) is 0 Å². The third-order valence-electron chi connectivity index (χ3n) is 3.02. The van der Waals surface area contributed by atoms with Gasteiger partial charge >= 0.3 is 0 Å². The van der Waals surface area contributed by atoms with Crippen LogP contribution >= 0.6 is 0 Å². The summed E-state index contributed by atoms with van der Waals surface area (Å²) in [6.45, 7) is 4.47. The SMILES string of the molecule is CCC1=CC2=C(CC1)N(C)CCN2. The Kier molecular flexibility index (Phi) is 2.30. The van der Waals surface area contributed by atoms with Gasteiger partial charge in [-0.1, -0.05) is 12.5 Å². The maximum Gasteiger partial charge on any atom is 0.0535 e. The molecular weight excluding hydrogens is 160 g/mol. The Morgan fingerprint density at radius 3 is 3.08 bits per heavy atom. The zero-order valence-corrected chi connectivity index (χ0v) is 8.56. The van der Waals surface area contributed by atoms with E-state index < -0.39 is 0 Å². The van der Waals surface area contributed by atoms with Gasteiger partial charge in [0.05, 0.1) is 5.70 Å². The van der Waals surface area contributed by atoms with Crippen LogP contribution in [0.3, 0.4) is 0 Å². The number of rotatable bonds is 1. The highest BCUT2D eigenvalue weighted by atomic mass is 15.2. The molecular formula is C11H18N2. The Morgan fingerprint density at radius 2 is 2.31 bits per heavy atom.